The van der Waals surface area contributed by atoms with Crippen LogP contribution in [0.5, 0.6) is 0 Å². The fourth-order valence-electron chi connectivity index (χ4n) is 3.27. The SMILES string of the molecule is O=C(Nc1cccc(Cl)c1)c1nnc([C@@H]2CCCN2C(=O)c2ccccc2Cl)s1. The summed E-state index contributed by atoms with van der Waals surface area (Å²) in [6.07, 6.45) is 1.62. The van der Waals surface area contributed by atoms with Gasteiger partial charge in [0.05, 0.1) is 16.6 Å². The van der Waals surface area contributed by atoms with Crippen LogP contribution in [0.25, 0.3) is 0 Å². The van der Waals surface area contributed by atoms with E-state index in [1.165, 1.54) is 11.3 Å². The van der Waals surface area contributed by atoms with Crippen LogP contribution >= 0.6 is 34.5 Å². The van der Waals surface area contributed by atoms with Crippen LogP contribution in [0.15, 0.2) is 48.5 Å². The van der Waals surface area contributed by atoms with Crippen molar-refractivity contribution in [2.45, 2.75) is 18.9 Å². The first-order valence-electron chi connectivity index (χ1n) is 8.99. The Bertz CT molecular complexity index is 1070. The number of aromatic nitrogens is 2. The quantitative estimate of drug-likeness (QED) is 0.606. The first-order valence-corrected chi connectivity index (χ1v) is 10.6. The van der Waals surface area contributed by atoms with E-state index in [-0.39, 0.29) is 22.9 Å². The van der Waals surface area contributed by atoms with Gasteiger partial charge in [0.2, 0.25) is 5.01 Å². The predicted molar refractivity (Wildman–Crippen MR) is 114 cm³/mol. The van der Waals surface area contributed by atoms with Crippen LogP contribution in [0.4, 0.5) is 5.69 Å². The molecule has 3 aromatic rings. The van der Waals surface area contributed by atoms with E-state index in [0.717, 1.165) is 12.8 Å². The van der Waals surface area contributed by atoms with Gasteiger partial charge in [0, 0.05) is 17.3 Å². The van der Waals surface area contributed by atoms with Crippen molar-refractivity contribution in [1.82, 2.24) is 15.1 Å². The smallest absolute Gasteiger partial charge is 0.286 e. The van der Waals surface area contributed by atoms with Gasteiger partial charge in [0.25, 0.3) is 11.8 Å². The number of carbonyl (C=O) groups excluding carboxylic acids is 2. The molecule has 29 heavy (non-hydrogen) atoms. The number of hydrogen-bond donors (Lipinski definition) is 1. The van der Waals surface area contributed by atoms with Crippen LogP contribution in [-0.2, 0) is 0 Å². The molecule has 1 aromatic heterocycles. The van der Waals surface area contributed by atoms with Gasteiger partial charge in [-0.05, 0) is 43.2 Å². The minimum Gasteiger partial charge on any atom is -0.329 e. The molecule has 1 aliphatic heterocycles. The zero-order valence-corrected chi connectivity index (χ0v) is 17.5. The van der Waals surface area contributed by atoms with Crippen LogP contribution in [0, 0.1) is 0 Å². The third-order valence-corrected chi connectivity index (χ3v) is 6.21. The lowest BCUT2D eigenvalue weighted by molar-refractivity contribution is 0.0735. The topological polar surface area (TPSA) is 75.2 Å². The summed E-state index contributed by atoms with van der Waals surface area (Å²) in [6, 6.07) is 13.6. The van der Waals surface area contributed by atoms with Crippen molar-refractivity contribution in [3.05, 3.63) is 74.2 Å². The van der Waals surface area contributed by atoms with E-state index in [9.17, 15) is 9.59 Å². The van der Waals surface area contributed by atoms with Crippen LogP contribution in [-0.4, -0.2) is 33.5 Å². The molecular weight excluding hydrogens is 431 g/mol. The normalized spacial score (nSPS) is 16.1. The molecule has 1 N–H and O–H groups in total. The number of rotatable bonds is 4. The van der Waals surface area contributed by atoms with E-state index in [2.05, 4.69) is 15.5 Å². The summed E-state index contributed by atoms with van der Waals surface area (Å²) in [5.41, 5.74) is 1.04. The van der Waals surface area contributed by atoms with E-state index in [4.69, 9.17) is 23.2 Å². The maximum absolute atomic E-state index is 13.0. The third-order valence-electron chi connectivity index (χ3n) is 4.62. The average Bonchev–Trinajstić information content (AvgIpc) is 3.37. The second-order valence-corrected chi connectivity index (χ2v) is 8.40. The van der Waals surface area contributed by atoms with Crippen LogP contribution in [0.3, 0.4) is 0 Å². The molecule has 0 unspecified atom stereocenters. The van der Waals surface area contributed by atoms with Gasteiger partial charge in [-0.3, -0.25) is 9.59 Å². The van der Waals surface area contributed by atoms with Crippen LogP contribution in [0.1, 0.15) is 44.1 Å². The maximum Gasteiger partial charge on any atom is 0.286 e. The summed E-state index contributed by atoms with van der Waals surface area (Å²) in [5, 5.41) is 12.8. The Morgan fingerprint density at radius 1 is 1.10 bits per heavy atom. The van der Waals surface area contributed by atoms with Crippen molar-refractivity contribution >= 4 is 52.0 Å². The lowest BCUT2D eigenvalue weighted by Gasteiger charge is -2.23. The van der Waals surface area contributed by atoms with Gasteiger partial charge in [0.15, 0.2) is 0 Å². The molecule has 0 radical (unpaired) electrons. The first-order chi connectivity index (χ1) is 14.0. The Labute approximate surface area is 181 Å². The van der Waals surface area contributed by atoms with Gasteiger partial charge in [-0.1, -0.05) is 52.7 Å². The maximum atomic E-state index is 13.0. The number of benzene rings is 2. The molecule has 1 atom stereocenters. The lowest BCUT2D eigenvalue weighted by Crippen LogP contribution is -2.30. The molecule has 0 saturated carbocycles. The second-order valence-electron chi connectivity index (χ2n) is 6.55. The number of amides is 2. The molecule has 1 fully saturated rings. The van der Waals surface area contributed by atoms with Gasteiger partial charge in [-0.15, -0.1) is 10.2 Å². The molecular formula is C20H16Cl2N4O2S. The summed E-state index contributed by atoms with van der Waals surface area (Å²) in [4.78, 5) is 27.2. The molecule has 0 bridgehead atoms. The monoisotopic (exact) mass is 446 g/mol. The minimum atomic E-state index is -0.363. The van der Waals surface area contributed by atoms with Crippen molar-refractivity contribution in [2.75, 3.05) is 11.9 Å². The molecule has 1 aliphatic rings. The van der Waals surface area contributed by atoms with E-state index in [1.54, 1.807) is 53.4 Å². The molecule has 4 rings (SSSR count). The fourth-order valence-corrected chi connectivity index (χ4v) is 4.56. The zero-order chi connectivity index (χ0) is 20.4. The zero-order valence-electron chi connectivity index (χ0n) is 15.1. The number of likely N-dealkylation sites (tertiary alicyclic amines) is 1. The number of nitrogens with zero attached hydrogens (tertiary/aromatic N) is 3. The average molecular weight is 447 g/mol. The van der Waals surface area contributed by atoms with E-state index in [0.29, 0.717) is 32.8 Å². The molecule has 2 heterocycles. The van der Waals surface area contributed by atoms with Crippen molar-refractivity contribution in [3.63, 3.8) is 0 Å². The van der Waals surface area contributed by atoms with E-state index < -0.39 is 0 Å². The Balaban J connectivity index is 1.51. The highest BCUT2D eigenvalue weighted by atomic mass is 35.5. The standard InChI is InChI=1S/C20H16Cl2N4O2S/c21-12-5-3-6-13(11-12)23-17(27)19-25-24-18(29-19)16-9-4-10-26(16)20(28)14-7-1-2-8-15(14)22/h1-3,5-8,11,16H,4,9-10H2,(H,23,27)/t16-/m0/s1. The fraction of sp³-hybridized carbons (Fsp3) is 0.200. The number of nitrogens with one attached hydrogen (secondary N) is 1. The first kappa shape index (κ1) is 19.8. The molecule has 6 nitrogen and oxygen atoms in total. The predicted octanol–water partition coefficient (Wildman–Crippen LogP) is 5.07. The van der Waals surface area contributed by atoms with Gasteiger partial charge in [-0.2, -0.15) is 0 Å². The Morgan fingerprint density at radius 2 is 1.93 bits per heavy atom. The molecule has 2 aromatic carbocycles. The second kappa shape index (κ2) is 8.49. The Kier molecular flexibility index (Phi) is 5.80. The molecule has 9 heteroatoms. The number of hydrogen-bond acceptors (Lipinski definition) is 5. The van der Waals surface area contributed by atoms with Crippen molar-refractivity contribution < 1.29 is 9.59 Å². The number of anilines is 1. The number of carbonyl (C=O) groups is 2. The van der Waals surface area contributed by atoms with E-state index in [1.807, 2.05) is 0 Å². The molecule has 1 saturated heterocycles. The van der Waals surface area contributed by atoms with Gasteiger partial charge < -0.3 is 10.2 Å². The van der Waals surface area contributed by atoms with Crippen molar-refractivity contribution in [2.24, 2.45) is 0 Å². The van der Waals surface area contributed by atoms with Crippen LogP contribution < -0.4 is 5.32 Å². The van der Waals surface area contributed by atoms with Crippen LogP contribution in [0.2, 0.25) is 10.0 Å². The van der Waals surface area contributed by atoms with E-state index >= 15 is 0 Å². The Morgan fingerprint density at radius 3 is 2.72 bits per heavy atom. The minimum absolute atomic E-state index is 0.141. The highest BCUT2D eigenvalue weighted by Crippen LogP contribution is 2.35. The summed E-state index contributed by atoms with van der Waals surface area (Å²) >= 11 is 13.3. The highest BCUT2D eigenvalue weighted by molar-refractivity contribution is 7.13. The largest absolute Gasteiger partial charge is 0.329 e. The molecule has 148 valence electrons. The highest BCUT2D eigenvalue weighted by Gasteiger charge is 2.34. The number of halogens is 2. The van der Waals surface area contributed by atoms with Gasteiger partial charge >= 0.3 is 0 Å². The summed E-state index contributed by atoms with van der Waals surface area (Å²) in [7, 11) is 0. The molecule has 0 spiro atoms. The summed E-state index contributed by atoms with van der Waals surface area (Å²) < 4.78 is 0. The summed E-state index contributed by atoms with van der Waals surface area (Å²) in [5.74, 6) is -0.503. The van der Waals surface area contributed by atoms with Crippen molar-refractivity contribution in [1.29, 1.82) is 0 Å². The Hall–Kier alpha value is -2.48. The van der Waals surface area contributed by atoms with Crippen molar-refractivity contribution in [3.8, 4) is 0 Å². The lowest BCUT2D eigenvalue weighted by atomic mass is 10.1. The molecule has 2 amide bonds. The molecule has 0 aliphatic carbocycles. The summed E-state index contributed by atoms with van der Waals surface area (Å²) in [6.45, 7) is 0.609. The van der Waals surface area contributed by atoms with Gasteiger partial charge in [-0.25, -0.2) is 0 Å². The van der Waals surface area contributed by atoms with Gasteiger partial charge in [0.1, 0.15) is 5.01 Å². The third kappa shape index (κ3) is 4.27.